The van der Waals surface area contributed by atoms with Crippen LogP contribution in [0.4, 0.5) is 5.82 Å². The molecule has 0 radical (unpaired) electrons. The highest BCUT2D eigenvalue weighted by molar-refractivity contribution is 6.31. The number of halogens is 1. The summed E-state index contributed by atoms with van der Waals surface area (Å²) in [6.07, 6.45) is 3.44. The average Bonchev–Trinajstić information content (AvgIpc) is 2.78. The first-order valence-corrected chi connectivity index (χ1v) is 5.63. The fourth-order valence-corrected chi connectivity index (χ4v) is 1.56. The lowest BCUT2D eigenvalue weighted by molar-refractivity contribution is 0.608. The standard InChI is InChI=1S/C10H13ClN6/c1-7-8(2)15-10(9(11)14-7)12-3-5-17-6-4-13-16-17/h4,6H,3,5H2,1-2H3,(H,12,15). The fraction of sp³-hybridized carbons (Fsp3) is 0.400. The molecule has 2 aromatic heterocycles. The van der Waals surface area contributed by atoms with Gasteiger partial charge in [0.2, 0.25) is 0 Å². The van der Waals surface area contributed by atoms with Crippen molar-refractivity contribution in [2.75, 3.05) is 11.9 Å². The van der Waals surface area contributed by atoms with Crippen molar-refractivity contribution in [1.29, 1.82) is 0 Å². The van der Waals surface area contributed by atoms with Gasteiger partial charge in [0.1, 0.15) is 0 Å². The number of nitrogens with zero attached hydrogens (tertiary/aromatic N) is 5. The zero-order valence-corrected chi connectivity index (χ0v) is 10.4. The lowest BCUT2D eigenvalue weighted by atomic mass is 10.3. The summed E-state index contributed by atoms with van der Waals surface area (Å²) in [7, 11) is 0. The molecule has 2 heterocycles. The van der Waals surface area contributed by atoms with Gasteiger partial charge in [0.25, 0.3) is 0 Å². The van der Waals surface area contributed by atoms with E-state index in [1.54, 1.807) is 17.1 Å². The number of aryl methyl sites for hydroxylation is 2. The van der Waals surface area contributed by atoms with Crippen LogP contribution in [-0.4, -0.2) is 31.5 Å². The van der Waals surface area contributed by atoms with Gasteiger partial charge in [-0.3, -0.25) is 4.68 Å². The third-order valence-corrected chi connectivity index (χ3v) is 2.63. The molecule has 0 aliphatic heterocycles. The Morgan fingerprint density at radius 1 is 1.29 bits per heavy atom. The molecule has 90 valence electrons. The molecule has 0 aliphatic rings. The minimum atomic E-state index is 0.395. The molecule has 1 N–H and O–H groups in total. The number of anilines is 1. The second-order valence-electron chi connectivity index (χ2n) is 3.63. The quantitative estimate of drug-likeness (QED) is 0.892. The summed E-state index contributed by atoms with van der Waals surface area (Å²) in [6, 6.07) is 0. The van der Waals surface area contributed by atoms with Crippen LogP contribution in [0.25, 0.3) is 0 Å². The largest absolute Gasteiger partial charge is 0.366 e. The Morgan fingerprint density at radius 2 is 2.06 bits per heavy atom. The van der Waals surface area contributed by atoms with Crippen LogP contribution in [0.15, 0.2) is 12.4 Å². The molecule has 0 spiro atoms. The van der Waals surface area contributed by atoms with E-state index >= 15 is 0 Å². The third kappa shape index (κ3) is 2.91. The van der Waals surface area contributed by atoms with Gasteiger partial charge in [-0.1, -0.05) is 16.8 Å². The van der Waals surface area contributed by atoms with E-state index in [1.165, 1.54) is 0 Å². The highest BCUT2D eigenvalue weighted by Gasteiger charge is 2.06. The third-order valence-electron chi connectivity index (χ3n) is 2.37. The van der Waals surface area contributed by atoms with Gasteiger partial charge in [-0.05, 0) is 13.8 Å². The van der Waals surface area contributed by atoms with Gasteiger partial charge in [0.05, 0.1) is 24.1 Å². The molecule has 6 nitrogen and oxygen atoms in total. The highest BCUT2D eigenvalue weighted by Crippen LogP contribution is 2.17. The summed E-state index contributed by atoms with van der Waals surface area (Å²) in [5, 5.41) is 11.1. The van der Waals surface area contributed by atoms with Gasteiger partial charge >= 0.3 is 0 Å². The second kappa shape index (κ2) is 5.09. The maximum atomic E-state index is 5.99. The maximum Gasteiger partial charge on any atom is 0.171 e. The van der Waals surface area contributed by atoms with E-state index in [2.05, 4.69) is 25.6 Å². The van der Waals surface area contributed by atoms with Gasteiger partial charge in [0.15, 0.2) is 11.0 Å². The molecule has 2 aromatic rings. The molecule has 0 bridgehead atoms. The Balaban J connectivity index is 1.97. The number of nitrogens with one attached hydrogen (secondary N) is 1. The molecule has 0 aliphatic carbocycles. The minimum absolute atomic E-state index is 0.395. The molecule has 2 rings (SSSR count). The van der Waals surface area contributed by atoms with Crippen LogP contribution in [0, 0.1) is 13.8 Å². The first-order chi connectivity index (χ1) is 8.16. The van der Waals surface area contributed by atoms with Crippen LogP contribution in [0.2, 0.25) is 5.15 Å². The molecular weight excluding hydrogens is 240 g/mol. The van der Waals surface area contributed by atoms with Crippen molar-refractivity contribution < 1.29 is 0 Å². The summed E-state index contributed by atoms with van der Waals surface area (Å²) in [6.45, 7) is 5.15. The van der Waals surface area contributed by atoms with Crippen LogP contribution >= 0.6 is 11.6 Å². The summed E-state index contributed by atoms with van der Waals surface area (Å²) in [5.41, 5.74) is 1.72. The zero-order valence-electron chi connectivity index (χ0n) is 9.68. The van der Waals surface area contributed by atoms with Gasteiger partial charge in [0, 0.05) is 12.7 Å². The van der Waals surface area contributed by atoms with Gasteiger partial charge in [-0.25, -0.2) is 9.97 Å². The van der Waals surface area contributed by atoms with E-state index in [-0.39, 0.29) is 0 Å². The predicted octanol–water partition coefficient (Wildman–Crippen LogP) is 1.45. The summed E-state index contributed by atoms with van der Waals surface area (Å²) < 4.78 is 1.73. The van der Waals surface area contributed by atoms with E-state index in [0.29, 0.717) is 24.1 Å². The van der Waals surface area contributed by atoms with Crippen LogP contribution in [-0.2, 0) is 6.54 Å². The molecule has 7 heteroatoms. The number of hydrogen-bond acceptors (Lipinski definition) is 5. The van der Waals surface area contributed by atoms with Crippen molar-refractivity contribution in [2.24, 2.45) is 0 Å². The van der Waals surface area contributed by atoms with Crippen molar-refractivity contribution in [3.63, 3.8) is 0 Å². The van der Waals surface area contributed by atoms with Crippen molar-refractivity contribution in [3.05, 3.63) is 28.9 Å². The zero-order chi connectivity index (χ0) is 12.3. The van der Waals surface area contributed by atoms with Crippen LogP contribution in [0.1, 0.15) is 11.4 Å². The highest BCUT2D eigenvalue weighted by atomic mass is 35.5. The normalized spacial score (nSPS) is 10.5. The second-order valence-corrected chi connectivity index (χ2v) is 3.98. The summed E-state index contributed by atoms with van der Waals surface area (Å²) in [4.78, 5) is 8.53. The molecule has 0 fully saturated rings. The molecule has 0 saturated heterocycles. The lowest BCUT2D eigenvalue weighted by Gasteiger charge is -2.08. The Morgan fingerprint density at radius 3 is 2.76 bits per heavy atom. The van der Waals surface area contributed by atoms with E-state index in [4.69, 9.17) is 11.6 Å². The first-order valence-electron chi connectivity index (χ1n) is 5.25. The van der Waals surface area contributed by atoms with Crippen molar-refractivity contribution in [3.8, 4) is 0 Å². The Labute approximate surface area is 104 Å². The van der Waals surface area contributed by atoms with E-state index in [9.17, 15) is 0 Å². The Kier molecular flexibility index (Phi) is 3.53. The number of hydrogen-bond donors (Lipinski definition) is 1. The first kappa shape index (κ1) is 11.8. The van der Waals surface area contributed by atoms with Crippen molar-refractivity contribution in [2.45, 2.75) is 20.4 Å². The maximum absolute atomic E-state index is 5.99. The van der Waals surface area contributed by atoms with Crippen molar-refractivity contribution >= 4 is 17.4 Å². The van der Waals surface area contributed by atoms with Crippen molar-refractivity contribution in [1.82, 2.24) is 25.0 Å². The van der Waals surface area contributed by atoms with Gasteiger partial charge in [-0.15, -0.1) is 5.10 Å². The van der Waals surface area contributed by atoms with E-state index < -0.39 is 0 Å². The molecule has 0 unspecified atom stereocenters. The SMILES string of the molecule is Cc1nc(Cl)c(NCCn2ccnn2)nc1C. The van der Waals surface area contributed by atoms with E-state index in [0.717, 1.165) is 11.4 Å². The monoisotopic (exact) mass is 252 g/mol. The molecule has 17 heavy (non-hydrogen) atoms. The molecule has 0 atom stereocenters. The minimum Gasteiger partial charge on any atom is -0.366 e. The predicted molar refractivity (Wildman–Crippen MR) is 65.0 cm³/mol. The van der Waals surface area contributed by atoms with Crippen LogP contribution in [0.3, 0.4) is 0 Å². The summed E-state index contributed by atoms with van der Waals surface area (Å²) in [5.74, 6) is 0.606. The molecule has 0 aromatic carbocycles. The lowest BCUT2D eigenvalue weighted by Crippen LogP contribution is -2.13. The van der Waals surface area contributed by atoms with Gasteiger partial charge in [-0.2, -0.15) is 0 Å². The summed E-state index contributed by atoms with van der Waals surface area (Å²) >= 11 is 5.99. The Bertz CT molecular complexity index is 496. The smallest absolute Gasteiger partial charge is 0.171 e. The topological polar surface area (TPSA) is 68.5 Å². The Hall–Kier alpha value is -1.69. The molecular formula is C10H13ClN6. The number of aromatic nitrogens is 5. The fourth-order valence-electron chi connectivity index (χ4n) is 1.33. The van der Waals surface area contributed by atoms with E-state index in [1.807, 2.05) is 13.8 Å². The average molecular weight is 253 g/mol. The van der Waals surface area contributed by atoms with Crippen LogP contribution in [0.5, 0.6) is 0 Å². The number of rotatable bonds is 4. The molecule has 0 amide bonds. The van der Waals surface area contributed by atoms with Gasteiger partial charge < -0.3 is 5.32 Å². The molecule has 0 saturated carbocycles. The van der Waals surface area contributed by atoms with Crippen LogP contribution < -0.4 is 5.32 Å².